The van der Waals surface area contributed by atoms with Crippen LogP contribution < -0.4 is 0 Å². The van der Waals surface area contributed by atoms with E-state index in [1.165, 1.54) is 5.56 Å². The van der Waals surface area contributed by atoms with Gasteiger partial charge in [-0.1, -0.05) is 41.5 Å². The third-order valence-electron chi connectivity index (χ3n) is 3.26. The summed E-state index contributed by atoms with van der Waals surface area (Å²) in [7, 11) is 0. The summed E-state index contributed by atoms with van der Waals surface area (Å²) >= 11 is 0. The van der Waals surface area contributed by atoms with Crippen molar-refractivity contribution in [3.8, 4) is 0 Å². The van der Waals surface area contributed by atoms with E-state index in [2.05, 4.69) is 41.5 Å². The number of nitrogens with zero attached hydrogens (tertiary/aromatic N) is 1. The summed E-state index contributed by atoms with van der Waals surface area (Å²) in [5.41, 5.74) is 3.73. The molecule has 0 radical (unpaired) electrons. The van der Waals surface area contributed by atoms with Crippen molar-refractivity contribution in [3.63, 3.8) is 0 Å². The number of benzene rings is 1. The molecule has 0 amide bonds. The maximum Gasteiger partial charge on any atom is 0.270 e. The average molecular weight is 249 g/mol. The SMILES string of the molecule is CC(C)c1cc([N+](=O)[O-])cc(C(C)C)c1C(C)C. The minimum Gasteiger partial charge on any atom is -0.258 e. The van der Waals surface area contributed by atoms with Crippen LogP contribution >= 0.6 is 0 Å². The molecular formula is C15H23NO2. The molecule has 0 bridgehead atoms. The molecule has 0 aliphatic carbocycles. The Morgan fingerprint density at radius 1 is 0.889 bits per heavy atom. The van der Waals surface area contributed by atoms with Gasteiger partial charge < -0.3 is 0 Å². The van der Waals surface area contributed by atoms with Crippen molar-refractivity contribution in [1.29, 1.82) is 0 Å². The standard InChI is InChI=1S/C15H23NO2/c1-9(2)13-7-12(16(17)18)8-14(10(3)4)15(13)11(5)6/h7-11H,1-6H3. The molecule has 3 nitrogen and oxygen atoms in total. The first-order valence-electron chi connectivity index (χ1n) is 6.57. The molecule has 1 rings (SSSR count). The summed E-state index contributed by atoms with van der Waals surface area (Å²) in [6.07, 6.45) is 0. The van der Waals surface area contributed by atoms with Crippen molar-refractivity contribution >= 4 is 5.69 Å². The zero-order valence-electron chi connectivity index (χ0n) is 12.2. The zero-order valence-corrected chi connectivity index (χ0v) is 12.2. The molecule has 0 aliphatic heterocycles. The van der Waals surface area contributed by atoms with Crippen LogP contribution in [0.15, 0.2) is 12.1 Å². The van der Waals surface area contributed by atoms with Crippen LogP contribution in [0, 0.1) is 10.1 Å². The van der Waals surface area contributed by atoms with E-state index in [9.17, 15) is 10.1 Å². The Morgan fingerprint density at radius 2 is 1.28 bits per heavy atom. The Hall–Kier alpha value is -1.38. The molecule has 0 N–H and O–H groups in total. The number of rotatable bonds is 4. The smallest absolute Gasteiger partial charge is 0.258 e. The Balaban J connectivity index is 3.60. The number of non-ortho nitro benzene ring substituents is 1. The summed E-state index contributed by atoms with van der Waals surface area (Å²) in [6, 6.07) is 3.48. The molecule has 0 spiro atoms. The van der Waals surface area contributed by atoms with Gasteiger partial charge in [-0.3, -0.25) is 10.1 Å². The second-order valence-corrected chi connectivity index (χ2v) is 5.76. The first-order valence-corrected chi connectivity index (χ1v) is 6.57. The van der Waals surface area contributed by atoms with E-state index in [0.717, 1.165) is 11.1 Å². The lowest BCUT2D eigenvalue weighted by atomic mass is 9.83. The molecule has 1 aromatic carbocycles. The largest absolute Gasteiger partial charge is 0.270 e. The van der Waals surface area contributed by atoms with Crippen LogP contribution in [0.5, 0.6) is 0 Å². The van der Waals surface area contributed by atoms with E-state index in [1.807, 2.05) is 0 Å². The van der Waals surface area contributed by atoms with Crippen molar-refractivity contribution in [2.75, 3.05) is 0 Å². The maximum absolute atomic E-state index is 11.0. The van der Waals surface area contributed by atoms with E-state index in [0.29, 0.717) is 17.8 Å². The van der Waals surface area contributed by atoms with Gasteiger partial charge in [-0.15, -0.1) is 0 Å². The van der Waals surface area contributed by atoms with Gasteiger partial charge in [-0.2, -0.15) is 0 Å². The first kappa shape index (κ1) is 14.7. The maximum atomic E-state index is 11.0. The van der Waals surface area contributed by atoms with E-state index < -0.39 is 0 Å². The van der Waals surface area contributed by atoms with Gasteiger partial charge in [0.1, 0.15) is 0 Å². The fourth-order valence-corrected chi connectivity index (χ4v) is 2.41. The second-order valence-electron chi connectivity index (χ2n) is 5.76. The Morgan fingerprint density at radius 3 is 1.50 bits per heavy atom. The van der Waals surface area contributed by atoms with E-state index >= 15 is 0 Å². The van der Waals surface area contributed by atoms with Gasteiger partial charge in [-0.05, 0) is 34.4 Å². The summed E-state index contributed by atoms with van der Waals surface area (Å²) in [6.45, 7) is 12.7. The van der Waals surface area contributed by atoms with Crippen molar-refractivity contribution in [1.82, 2.24) is 0 Å². The van der Waals surface area contributed by atoms with Crippen LogP contribution in [0.1, 0.15) is 76.0 Å². The van der Waals surface area contributed by atoms with Crippen LogP contribution in [0.4, 0.5) is 5.69 Å². The predicted octanol–water partition coefficient (Wildman–Crippen LogP) is 4.97. The molecule has 3 heteroatoms. The van der Waals surface area contributed by atoms with Gasteiger partial charge in [0.15, 0.2) is 0 Å². The molecule has 0 fully saturated rings. The van der Waals surface area contributed by atoms with Gasteiger partial charge in [0.25, 0.3) is 5.69 Å². The summed E-state index contributed by atoms with van der Waals surface area (Å²) in [4.78, 5) is 10.7. The molecule has 0 heterocycles. The summed E-state index contributed by atoms with van der Waals surface area (Å²) in [5, 5.41) is 11.0. The lowest BCUT2D eigenvalue weighted by Gasteiger charge is -2.22. The third kappa shape index (κ3) is 2.89. The van der Waals surface area contributed by atoms with Gasteiger partial charge >= 0.3 is 0 Å². The van der Waals surface area contributed by atoms with Gasteiger partial charge in [-0.25, -0.2) is 0 Å². The molecule has 0 atom stereocenters. The predicted molar refractivity (Wildman–Crippen MR) is 75.4 cm³/mol. The Bertz CT molecular complexity index is 419. The third-order valence-corrected chi connectivity index (χ3v) is 3.26. The highest BCUT2D eigenvalue weighted by Crippen LogP contribution is 2.36. The molecule has 100 valence electrons. The van der Waals surface area contributed by atoms with E-state index in [1.54, 1.807) is 12.1 Å². The summed E-state index contributed by atoms with van der Waals surface area (Å²) < 4.78 is 0. The van der Waals surface area contributed by atoms with Crippen molar-refractivity contribution in [2.45, 2.75) is 59.3 Å². The number of nitro groups is 1. The highest BCUT2D eigenvalue weighted by Gasteiger charge is 2.21. The van der Waals surface area contributed by atoms with E-state index in [-0.39, 0.29) is 10.6 Å². The highest BCUT2D eigenvalue weighted by atomic mass is 16.6. The fraction of sp³-hybridized carbons (Fsp3) is 0.600. The van der Waals surface area contributed by atoms with Crippen molar-refractivity contribution < 1.29 is 4.92 Å². The van der Waals surface area contributed by atoms with Gasteiger partial charge in [0.05, 0.1) is 4.92 Å². The van der Waals surface area contributed by atoms with Crippen molar-refractivity contribution in [3.05, 3.63) is 38.9 Å². The highest BCUT2D eigenvalue weighted by molar-refractivity contribution is 5.49. The number of hydrogen-bond donors (Lipinski definition) is 0. The lowest BCUT2D eigenvalue weighted by Crippen LogP contribution is -2.07. The normalized spacial score (nSPS) is 11.6. The quantitative estimate of drug-likeness (QED) is 0.558. The molecular weight excluding hydrogens is 226 g/mol. The number of nitro benzene ring substituents is 1. The van der Waals surface area contributed by atoms with Gasteiger partial charge in [0.2, 0.25) is 0 Å². The molecule has 0 aromatic heterocycles. The minimum absolute atomic E-state index is 0.215. The van der Waals surface area contributed by atoms with Crippen LogP contribution in [0.2, 0.25) is 0 Å². The lowest BCUT2D eigenvalue weighted by molar-refractivity contribution is -0.385. The fourth-order valence-electron chi connectivity index (χ4n) is 2.41. The van der Waals surface area contributed by atoms with Crippen LogP contribution in [0.3, 0.4) is 0 Å². The van der Waals surface area contributed by atoms with Crippen LogP contribution in [-0.2, 0) is 0 Å². The monoisotopic (exact) mass is 249 g/mol. The molecule has 0 unspecified atom stereocenters. The van der Waals surface area contributed by atoms with Gasteiger partial charge in [0, 0.05) is 12.1 Å². The van der Waals surface area contributed by atoms with E-state index in [4.69, 9.17) is 0 Å². The minimum atomic E-state index is -0.290. The molecule has 0 saturated carbocycles. The second kappa shape index (κ2) is 5.51. The molecule has 0 saturated heterocycles. The van der Waals surface area contributed by atoms with Crippen LogP contribution in [-0.4, -0.2) is 4.92 Å². The van der Waals surface area contributed by atoms with Crippen LogP contribution in [0.25, 0.3) is 0 Å². The Kier molecular flexibility index (Phi) is 4.49. The van der Waals surface area contributed by atoms with Crippen molar-refractivity contribution in [2.24, 2.45) is 0 Å². The topological polar surface area (TPSA) is 43.1 Å². The average Bonchev–Trinajstić information content (AvgIpc) is 2.26. The summed E-state index contributed by atoms with van der Waals surface area (Å²) in [5.74, 6) is 1.00. The Labute approximate surface area is 109 Å². The molecule has 0 aliphatic rings. The molecule has 1 aromatic rings. The molecule has 18 heavy (non-hydrogen) atoms. The zero-order chi connectivity index (χ0) is 14.0. The first-order chi connectivity index (χ1) is 8.25. The number of hydrogen-bond acceptors (Lipinski definition) is 2.